The SMILES string of the molecule is CC(=O)Nc1ccc(NC(=O)c2cc3ccccc3cc2OCc2c(C)noc2C)cc1Cl. The van der Waals surface area contributed by atoms with E-state index in [1.165, 1.54) is 6.92 Å². The van der Waals surface area contributed by atoms with Crippen LogP contribution in [0.1, 0.15) is 34.3 Å². The van der Waals surface area contributed by atoms with E-state index in [4.69, 9.17) is 20.9 Å². The highest BCUT2D eigenvalue weighted by Crippen LogP contribution is 2.30. The summed E-state index contributed by atoms with van der Waals surface area (Å²) in [6.45, 7) is 5.28. The maximum Gasteiger partial charge on any atom is 0.259 e. The molecule has 7 nitrogen and oxygen atoms in total. The van der Waals surface area contributed by atoms with Crippen molar-refractivity contribution in [3.05, 3.63) is 82.2 Å². The molecule has 2 N–H and O–H groups in total. The van der Waals surface area contributed by atoms with Crippen molar-refractivity contribution < 1.29 is 18.8 Å². The maximum atomic E-state index is 13.2. The molecule has 0 atom stereocenters. The number of nitrogens with zero attached hydrogens (tertiary/aromatic N) is 1. The highest BCUT2D eigenvalue weighted by molar-refractivity contribution is 6.34. The van der Waals surface area contributed by atoms with E-state index in [0.29, 0.717) is 33.5 Å². The predicted molar refractivity (Wildman–Crippen MR) is 128 cm³/mol. The number of hydrogen-bond acceptors (Lipinski definition) is 5. The summed E-state index contributed by atoms with van der Waals surface area (Å²) in [6, 6.07) is 16.2. The molecule has 0 saturated heterocycles. The van der Waals surface area contributed by atoms with Gasteiger partial charge in [0.2, 0.25) is 5.91 Å². The van der Waals surface area contributed by atoms with Gasteiger partial charge >= 0.3 is 0 Å². The number of fused-ring (bicyclic) bond motifs is 1. The Labute approximate surface area is 195 Å². The van der Waals surface area contributed by atoms with Gasteiger partial charge in [-0.15, -0.1) is 0 Å². The summed E-state index contributed by atoms with van der Waals surface area (Å²) in [4.78, 5) is 24.5. The van der Waals surface area contributed by atoms with Crippen LogP contribution in [0.4, 0.5) is 11.4 Å². The van der Waals surface area contributed by atoms with Gasteiger partial charge in [-0.3, -0.25) is 9.59 Å². The molecular formula is C25H22ClN3O4. The van der Waals surface area contributed by atoms with Crippen molar-refractivity contribution in [3.63, 3.8) is 0 Å². The summed E-state index contributed by atoms with van der Waals surface area (Å²) in [6.07, 6.45) is 0. The Morgan fingerprint density at radius 1 is 1.03 bits per heavy atom. The van der Waals surface area contributed by atoms with E-state index < -0.39 is 0 Å². The average Bonchev–Trinajstić information content (AvgIpc) is 3.10. The monoisotopic (exact) mass is 463 g/mol. The minimum atomic E-state index is -0.349. The van der Waals surface area contributed by atoms with Gasteiger partial charge in [0.1, 0.15) is 18.1 Å². The van der Waals surface area contributed by atoms with Gasteiger partial charge in [0.05, 0.1) is 27.5 Å². The van der Waals surface area contributed by atoms with Crippen LogP contribution in [-0.4, -0.2) is 17.0 Å². The van der Waals surface area contributed by atoms with Crippen molar-refractivity contribution in [2.24, 2.45) is 0 Å². The van der Waals surface area contributed by atoms with Gasteiger partial charge in [0.15, 0.2) is 0 Å². The molecule has 33 heavy (non-hydrogen) atoms. The summed E-state index contributed by atoms with van der Waals surface area (Å²) in [5, 5.41) is 11.6. The molecule has 0 aliphatic heterocycles. The van der Waals surface area contributed by atoms with Gasteiger partial charge in [-0.2, -0.15) is 0 Å². The van der Waals surface area contributed by atoms with E-state index in [1.54, 1.807) is 24.3 Å². The summed E-state index contributed by atoms with van der Waals surface area (Å²) < 4.78 is 11.3. The lowest BCUT2D eigenvalue weighted by Crippen LogP contribution is -2.14. The molecular weight excluding hydrogens is 442 g/mol. The Morgan fingerprint density at radius 2 is 1.76 bits per heavy atom. The van der Waals surface area contributed by atoms with E-state index >= 15 is 0 Å². The van der Waals surface area contributed by atoms with Crippen molar-refractivity contribution in [2.45, 2.75) is 27.4 Å². The van der Waals surface area contributed by atoms with Crippen LogP contribution in [0.3, 0.4) is 0 Å². The lowest BCUT2D eigenvalue weighted by atomic mass is 10.0. The second-order valence-corrected chi connectivity index (χ2v) is 8.02. The number of ether oxygens (including phenoxy) is 1. The van der Waals surface area contributed by atoms with Crippen LogP contribution >= 0.6 is 11.6 Å². The molecule has 4 aromatic rings. The lowest BCUT2D eigenvalue weighted by Gasteiger charge is -2.14. The van der Waals surface area contributed by atoms with E-state index in [9.17, 15) is 9.59 Å². The number of benzene rings is 3. The maximum absolute atomic E-state index is 13.2. The molecule has 0 fully saturated rings. The molecule has 2 amide bonds. The van der Waals surface area contributed by atoms with Crippen LogP contribution in [0.5, 0.6) is 5.75 Å². The number of anilines is 2. The van der Waals surface area contributed by atoms with Crippen LogP contribution < -0.4 is 15.4 Å². The molecule has 0 aliphatic carbocycles. The van der Waals surface area contributed by atoms with Crippen LogP contribution in [0.2, 0.25) is 5.02 Å². The Hall–Kier alpha value is -3.84. The van der Waals surface area contributed by atoms with Crippen molar-refractivity contribution >= 4 is 45.6 Å². The zero-order chi connectivity index (χ0) is 23.5. The number of amides is 2. The number of hydrogen-bond donors (Lipinski definition) is 2. The third-order valence-corrected chi connectivity index (χ3v) is 5.50. The second-order valence-electron chi connectivity index (χ2n) is 7.62. The fourth-order valence-corrected chi connectivity index (χ4v) is 3.68. The smallest absolute Gasteiger partial charge is 0.259 e. The number of carbonyl (C=O) groups is 2. The first-order chi connectivity index (χ1) is 15.8. The fourth-order valence-electron chi connectivity index (χ4n) is 3.46. The Morgan fingerprint density at radius 3 is 2.39 bits per heavy atom. The predicted octanol–water partition coefficient (Wildman–Crippen LogP) is 5.89. The number of aryl methyl sites for hydroxylation is 2. The van der Waals surface area contributed by atoms with Gasteiger partial charge < -0.3 is 19.9 Å². The molecule has 1 heterocycles. The van der Waals surface area contributed by atoms with Crippen LogP contribution in [0, 0.1) is 13.8 Å². The average molecular weight is 464 g/mol. The molecule has 168 valence electrons. The first-order valence-electron chi connectivity index (χ1n) is 10.3. The molecule has 8 heteroatoms. The second kappa shape index (κ2) is 9.34. The normalized spacial score (nSPS) is 10.8. The van der Waals surface area contributed by atoms with E-state index in [1.807, 2.05) is 44.2 Å². The highest BCUT2D eigenvalue weighted by Gasteiger charge is 2.17. The van der Waals surface area contributed by atoms with Crippen molar-refractivity contribution in [1.82, 2.24) is 5.16 Å². The van der Waals surface area contributed by atoms with E-state index in [2.05, 4.69) is 15.8 Å². The molecule has 0 aliphatic rings. The summed E-state index contributed by atoms with van der Waals surface area (Å²) in [7, 11) is 0. The zero-order valence-corrected chi connectivity index (χ0v) is 19.1. The van der Waals surface area contributed by atoms with Gasteiger partial charge in [0, 0.05) is 12.6 Å². The molecule has 0 bridgehead atoms. The molecule has 4 rings (SSSR count). The number of aromatic nitrogens is 1. The van der Waals surface area contributed by atoms with Gasteiger partial charge in [-0.1, -0.05) is 41.0 Å². The molecule has 0 radical (unpaired) electrons. The molecule has 0 spiro atoms. The highest BCUT2D eigenvalue weighted by atomic mass is 35.5. The Bertz CT molecular complexity index is 1340. The van der Waals surface area contributed by atoms with Crippen LogP contribution in [0.15, 0.2) is 59.1 Å². The Balaban J connectivity index is 1.63. The summed E-state index contributed by atoms with van der Waals surface area (Å²) >= 11 is 6.24. The van der Waals surface area contributed by atoms with Crippen molar-refractivity contribution in [3.8, 4) is 5.75 Å². The zero-order valence-electron chi connectivity index (χ0n) is 18.4. The van der Waals surface area contributed by atoms with E-state index in [-0.39, 0.29) is 18.4 Å². The van der Waals surface area contributed by atoms with Crippen molar-refractivity contribution in [1.29, 1.82) is 0 Å². The molecule has 0 unspecified atom stereocenters. The van der Waals surface area contributed by atoms with Crippen LogP contribution in [-0.2, 0) is 11.4 Å². The molecule has 0 saturated carbocycles. The first kappa shape index (κ1) is 22.4. The third kappa shape index (κ3) is 4.99. The van der Waals surface area contributed by atoms with Crippen LogP contribution in [0.25, 0.3) is 10.8 Å². The number of halogens is 1. The Kier molecular flexibility index (Phi) is 6.33. The van der Waals surface area contributed by atoms with Crippen molar-refractivity contribution in [2.75, 3.05) is 10.6 Å². The van der Waals surface area contributed by atoms with E-state index in [0.717, 1.165) is 22.0 Å². The largest absolute Gasteiger partial charge is 0.488 e. The number of rotatable bonds is 6. The number of nitrogens with one attached hydrogen (secondary N) is 2. The molecule has 1 aromatic heterocycles. The van der Waals surface area contributed by atoms with Gasteiger partial charge in [-0.25, -0.2) is 0 Å². The third-order valence-electron chi connectivity index (χ3n) is 5.18. The fraction of sp³-hybridized carbons (Fsp3) is 0.160. The molecule has 3 aromatic carbocycles. The minimum Gasteiger partial charge on any atom is -0.488 e. The quantitative estimate of drug-likeness (QED) is 0.372. The first-order valence-corrected chi connectivity index (χ1v) is 10.7. The summed E-state index contributed by atoms with van der Waals surface area (Å²) in [5.41, 5.74) is 2.92. The van der Waals surface area contributed by atoms with Gasteiger partial charge in [-0.05, 0) is 55.0 Å². The number of carbonyl (C=O) groups excluding carboxylic acids is 2. The standard InChI is InChI=1S/C25H22ClN3O4/c1-14-21(15(2)33-29-14)13-32-24-11-18-7-5-4-6-17(18)10-20(24)25(31)28-19-8-9-23(22(26)12-19)27-16(3)30/h4-12H,13H2,1-3H3,(H,27,30)(H,28,31). The minimum absolute atomic E-state index is 0.219. The lowest BCUT2D eigenvalue weighted by molar-refractivity contribution is -0.114. The van der Waals surface area contributed by atoms with Gasteiger partial charge in [0.25, 0.3) is 5.91 Å². The topological polar surface area (TPSA) is 93.5 Å². The summed E-state index contributed by atoms with van der Waals surface area (Å²) in [5.74, 6) is 0.531.